The van der Waals surface area contributed by atoms with Crippen molar-refractivity contribution in [2.45, 2.75) is 25.7 Å². The summed E-state index contributed by atoms with van der Waals surface area (Å²) in [6.07, 6.45) is 7.98. The Labute approximate surface area is 226 Å². The maximum absolute atomic E-state index is 6.36. The topological polar surface area (TPSA) is 126 Å². The molecule has 0 saturated carbocycles. The van der Waals surface area contributed by atoms with Crippen molar-refractivity contribution >= 4 is 22.9 Å². The molecule has 0 aliphatic heterocycles. The van der Waals surface area contributed by atoms with Gasteiger partial charge in [-0.15, -0.1) is 0 Å². The molecule has 0 bridgehead atoms. The second-order valence-corrected chi connectivity index (χ2v) is 9.40. The summed E-state index contributed by atoms with van der Waals surface area (Å²) in [5, 5.41) is 5.10. The van der Waals surface area contributed by atoms with E-state index >= 15 is 0 Å². The van der Waals surface area contributed by atoms with Gasteiger partial charge in [-0.25, -0.2) is 15.0 Å². The second kappa shape index (κ2) is 10.1. The summed E-state index contributed by atoms with van der Waals surface area (Å²) >= 11 is 0. The van der Waals surface area contributed by atoms with Gasteiger partial charge in [0.15, 0.2) is 11.5 Å². The Kier molecular flexibility index (Phi) is 6.32. The molecule has 1 aliphatic carbocycles. The molecule has 3 heterocycles. The number of anilines is 2. The molecule has 39 heavy (non-hydrogen) atoms. The zero-order valence-corrected chi connectivity index (χ0v) is 21.9. The van der Waals surface area contributed by atoms with Crippen LogP contribution in [0.1, 0.15) is 31.2 Å². The highest BCUT2D eigenvalue weighted by atomic mass is 16.5. The Bertz CT molecular complexity index is 1690. The standard InChI is InChI=1S/C30H29N7O2/c1-38-21-15-13-19(14-16-21)24-26(27-28(32)33-17-22(31)34-27)35-29-23(18-9-5-3-6-10-18)25(20-11-7-4-8-12-20)36-37(29)30(24)39-2/h4,7-9,11-17H,3,5-6,10H2,1-2H3,(H2,31,34)(H2,32,33). The zero-order valence-electron chi connectivity index (χ0n) is 21.9. The number of benzene rings is 2. The number of hydrogen-bond acceptors (Lipinski definition) is 8. The Morgan fingerprint density at radius 3 is 2.28 bits per heavy atom. The van der Waals surface area contributed by atoms with Crippen LogP contribution in [-0.4, -0.2) is 38.8 Å². The molecule has 0 atom stereocenters. The normalized spacial score (nSPS) is 13.3. The Morgan fingerprint density at radius 2 is 1.59 bits per heavy atom. The van der Waals surface area contributed by atoms with Crippen molar-refractivity contribution < 1.29 is 9.47 Å². The number of allylic oxidation sites excluding steroid dienone is 2. The molecule has 0 unspecified atom stereocenters. The highest BCUT2D eigenvalue weighted by Gasteiger charge is 2.28. The zero-order chi connectivity index (χ0) is 26.9. The van der Waals surface area contributed by atoms with Crippen molar-refractivity contribution in [2.75, 3.05) is 25.7 Å². The average Bonchev–Trinajstić information content (AvgIpc) is 3.37. The van der Waals surface area contributed by atoms with Crippen molar-refractivity contribution in [3.63, 3.8) is 0 Å². The van der Waals surface area contributed by atoms with Crippen LogP contribution >= 0.6 is 0 Å². The van der Waals surface area contributed by atoms with Gasteiger partial charge in [0.2, 0.25) is 5.88 Å². The smallest absolute Gasteiger partial charge is 0.226 e. The lowest BCUT2D eigenvalue weighted by molar-refractivity contribution is 0.387. The number of nitrogen functional groups attached to an aromatic ring is 2. The van der Waals surface area contributed by atoms with Crippen molar-refractivity contribution in [1.82, 2.24) is 24.6 Å². The summed E-state index contributed by atoms with van der Waals surface area (Å²) in [7, 11) is 3.26. The molecule has 0 spiro atoms. The van der Waals surface area contributed by atoms with Crippen LogP contribution in [-0.2, 0) is 0 Å². The Balaban J connectivity index is 1.75. The van der Waals surface area contributed by atoms with Gasteiger partial charge in [-0.2, -0.15) is 9.61 Å². The summed E-state index contributed by atoms with van der Waals surface area (Å²) < 4.78 is 13.3. The molecule has 1 aliphatic rings. The molecule has 9 nitrogen and oxygen atoms in total. The molecular weight excluding hydrogens is 490 g/mol. The van der Waals surface area contributed by atoms with E-state index in [-0.39, 0.29) is 11.6 Å². The fourth-order valence-corrected chi connectivity index (χ4v) is 5.15. The third-order valence-corrected chi connectivity index (χ3v) is 7.00. The number of rotatable bonds is 6. The maximum atomic E-state index is 6.36. The second-order valence-electron chi connectivity index (χ2n) is 9.40. The summed E-state index contributed by atoms with van der Waals surface area (Å²) in [6.45, 7) is 0. The number of fused-ring (bicyclic) bond motifs is 1. The highest BCUT2D eigenvalue weighted by molar-refractivity contribution is 5.93. The molecule has 0 fully saturated rings. The van der Waals surface area contributed by atoms with Crippen LogP contribution in [0.2, 0.25) is 0 Å². The quantitative estimate of drug-likeness (QED) is 0.294. The van der Waals surface area contributed by atoms with Crippen molar-refractivity contribution in [1.29, 1.82) is 0 Å². The molecule has 5 aromatic rings. The summed E-state index contributed by atoms with van der Waals surface area (Å²) in [6, 6.07) is 17.8. The molecular formula is C30H29N7O2. The fourth-order valence-electron chi connectivity index (χ4n) is 5.15. The van der Waals surface area contributed by atoms with E-state index in [0.29, 0.717) is 28.5 Å². The molecule has 4 N–H and O–H groups in total. The third-order valence-electron chi connectivity index (χ3n) is 7.00. The van der Waals surface area contributed by atoms with E-state index in [1.54, 1.807) is 18.7 Å². The molecule has 196 valence electrons. The highest BCUT2D eigenvalue weighted by Crippen LogP contribution is 2.44. The Morgan fingerprint density at radius 1 is 0.795 bits per heavy atom. The van der Waals surface area contributed by atoms with Gasteiger partial charge in [-0.05, 0) is 49.0 Å². The first-order valence-electron chi connectivity index (χ1n) is 12.9. The lowest BCUT2D eigenvalue weighted by atomic mass is 9.92. The van der Waals surface area contributed by atoms with Gasteiger partial charge in [0.05, 0.1) is 31.5 Å². The number of nitrogens with two attached hydrogens (primary N) is 2. The fraction of sp³-hybridized carbons (Fsp3) is 0.200. The third kappa shape index (κ3) is 4.31. The lowest BCUT2D eigenvalue weighted by Crippen LogP contribution is -2.07. The van der Waals surface area contributed by atoms with E-state index in [1.165, 1.54) is 18.2 Å². The van der Waals surface area contributed by atoms with Gasteiger partial charge < -0.3 is 20.9 Å². The number of nitrogens with zero attached hydrogens (tertiary/aromatic N) is 5. The van der Waals surface area contributed by atoms with E-state index in [2.05, 4.69) is 28.2 Å². The number of methoxy groups -OCH3 is 2. The molecule has 3 aromatic heterocycles. The van der Waals surface area contributed by atoms with Crippen LogP contribution < -0.4 is 20.9 Å². The largest absolute Gasteiger partial charge is 0.497 e. The van der Waals surface area contributed by atoms with Crippen LogP contribution in [0.3, 0.4) is 0 Å². The first-order chi connectivity index (χ1) is 19.1. The van der Waals surface area contributed by atoms with Crippen LogP contribution in [0.15, 0.2) is 66.9 Å². The van der Waals surface area contributed by atoms with E-state index in [9.17, 15) is 0 Å². The Hall–Kier alpha value is -4.92. The minimum atomic E-state index is 0.221. The molecule has 9 heteroatoms. The number of ether oxygens (including phenoxy) is 2. The molecule has 0 saturated heterocycles. The molecule has 2 aromatic carbocycles. The summed E-state index contributed by atoms with van der Waals surface area (Å²) in [5.41, 5.74) is 19.5. The monoisotopic (exact) mass is 519 g/mol. The van der Waals surface area contributed by atoms with Crippen molar-refractivity contribution in [3.8, 4) is 45.4 Å². The van der Waals surface area contributed by atoms with Gasteiger partial charge in [0.25, 0.3) is 0 Å². The van der Waals surface area contributed by atoms with E-state index in [0.717, 1.165) is 47.4 Å². The van der Waals surface area contributed by atoms with E-state index < -0.39 is 0 Å². The minimum Gasteiger partial charge on any atom is -0.497 e. The summed E-state index contributed by atoms with van der Waals surface area (Å²) in [5.74, 6) is 1.70. The van der Waals surface area contributed by atoms with Gasteiger partial charge in [0, 0.05) is 5.56 Å². The first kappa shape index (κ1) is 24.4. The minimum absolute atomic E-state index is 0.221. The van der Waals surface area contributed by atoms with Crippen LogP contribution in [0, 0.1) is 0 Å². The van der Waals surface area contributed by atoms with Crippen LogP contribution in [0.25, 0.3) is 45.0 Å². The van der Waals surface area contributed by atoms with Crippen molar-refractivity contribution in [2.24, 2.45) is 0 Å². The lowest BCUT2D eigenvalue weighted by Gasteiger charge is -2.17. The SMILES string of the molecule is COc1ccc(-c2c(-c3nc(N)cnc3N)nc3c(C4=CCCCC4)c(-c4ccccc4)nn3c2OC)cc1. The number of hydrogen-bond donors (Lipinski definition) is 2. The van der Waals surface area contributed by atoms with Gasteiger partial charge in [-0.1, -0.05) is 48.5 Å². The summed E-state index contributed by atoms with van der Waals surface area (Å²) in [4.78, 5) is 14.0. The van der Waals surface area contributed by atoms with Crippen LogP contribution in [0.4, 0.5) is 11.6 Å². The van der Waals surface area contributed by atoms with E-state index in [4.69, 9.17) is 31.0 Å². The van der Waals surface area contributed by atoms with Crippen LogP contribution in [0.5, 0.6) is 11.6 Å². The van der Waals surface area contributed by atoms with Gasteiger partial charge >= 0.3 is 0 Å². The molecule has 6 rings (SSSR count). The number of aromatic nitrogens is 5. The van der Waals surface area contributed by atoms with Crippen molar-refractivity contribution in [3.05, 3.63) is 72.4 Å². The maximum Gasteiger partial charge on any atom is 0.226 e. The van der Waals surface area contributed by atoms with Gasteiger partial charge in [0.1, 0.15) is 28.6 Å². The molecule has 0 radical (unpaired) electrons. The molecule has 0 amide bonds. The van der Waals surface area contributed by atoms with Gasteiger partial charge in [-0.3, -0.25) is 0 Å². The predicted molar refractivity (Wildman–Crippen MR) is 153 cm³/mol. The predicted octanol–water partition coefficient (Wildman–Crippen LogP) is 5.66. The first-order valence-corrected chi connectivity index (χ1v) is 12.9. The average molecular weight is 520 g/mol. The van der Waals surface area contributed by atoms with E-state index in [1.807, 2.05) is 42.5 Å².